The monoisotopic (exact) mass is 271 g/mol. The van der Waals surface area contributed by atoms with Crippen LogP contribution in [-0.2, 0) is 0 Å². The van der Waals surface area contributed by atoms with Crippen molar-refractivity contribution in [3.63, 3.8) is 0 Å². The first-order chi connectivity index (χ1) is 9.28. The minimum atomic E-state index is 0.244. The first-order valence-corrected chi connectivity index (χ1v) is 6.71. The van der Waals surface area contributed by atoms with E-state index in [1.165, 1.54) is 0 Å². The van der Waals surface area contributed by atoms with Crippen LogP contribution in [0.25, 0.3) is 0 Å². The van der Waals surface area contributed by atoms with Crippen molar-refractivity contribution in [3.05, 3.63) is 0 Å². The van der Waals surface area contributed by atoms with Gasteiger partial charge in [-0.25, -0.2) is 0 Å². The molecular weight excluding hydrogens is 242 g/mol. The van der Waals surface area contributed by atoms with Crippen molar-refractivity contribution in [2.75, 3.05) is 52.4 Å². The summed E-state index contributed by atoms with van der Waals surface area (Å²) in [5, 5.41) is 10.0. The Kier molecular flexibility index (Phi) is 13.0. The number of nitrogens with one attached hydrogen (secondary N) is 3. The van der Waals surface area contributed by atoms with Crippen molar-refractivity contribution in [3.8, 4) is 0 Å². The van der Waals surface area contributed by atoms with Gasteiger partial charge in [-0.1, -0.05) is 0 Å². The smallest absolute Gasteiger partial charge is 0.0548 e. The molecule has 0 saturated heterocycles. The van der Waals surface area contributed by atoms with Gasteiger partial charge in [-0.15, -0.1) is 0 Å². The lowest BCUT2D eigenvalue weighted by molar-refractivity contribution is 0.442. The van der Waals surface area contributed by atoms with Crippen molar-refractivity contribution in [1.82, 2.24) is 16.0 Å². The quantitative estimate of drug-likeness (QED) is 0.182. The molecule has 0 rings (SSSR count). The fourth-order valence-electron chi connectivity index (χ4n) is 1.66. The van der Waals surface area contributed by atoms with Crippen LogP contribution in [0.3, 0.4) is 0 Å². The Morgan fingerprint density at radius 1 is 0.947 bits per heavy atom. The second-order valence-electron chi connectivity index (χ2n) is 4.34. The Balaban J connectivity index is 3.79. The highest BCUT2D eigenvalue weighted by atomic mass is 15.0. The molecule has 19 heavy (non-hydrogen) atoms. The average Bonchev–Trinajstić information content (AvgIpc) is 2.43. The van der Waals surface area contributed by atoms with Gasteiger partial charge in [0.25, 0.3) is 0 Å². The first kappa shape index (κ1) is 18.1. The normalized spacial score (nSPS) is 14.0. The van der Waals surface area contributed by atoms with E-state index in [2.05, 4.69) is 39.4 Å². The predicted molar refractivity (Wildman–Crippen MR) is 83.4 cm³/mol. The highest BCUT2D eigenvalue weighted by Crippen LogP contribution is 1.84. The summed E-state index contributed by atoms with van der Waals surface area (Å²) >= 11 is 0. The predicted octanol–water partition coefficient (Wildman–Crippen LogP) is -2.19. The van der Waals surface area contributed by atoms with Crippen molar-refractivity contribution < 1.29 is 0 Å². The Bertz CT molecular complexity index is 222. The van der Waals surface area contributed by atoms with Gasteiger partial charge >= 0.3 is 0 Å². The van der Waals surface area contributed by atoms with E-state index in [0.717, 1.165) is 26.2 Å². The molecule has 0 heterocycles. The molecule has 0 bridgehead atoms. The van der Waals surface area contributed by atoms with Crippen LogP contribution in [0.15, 0.2) is 9.98 Å². The third-order valence-electron chi connectivity index (χ3n) is 2.70. The van der Waals surface area contributed by atoms with Crippen molar-refractivity contribution >= 4 is 13.4 Å². The summed E-state index contributed by atoms with van der Waals surface area (Å²) in [4.78, 5) is 7.71. The maximum atomic E-state index is 5.70. The van der Waals surface area contributed by atoms with Gasteiger partial charge < -0.3 is 27.4 Å². The van der Waals surface area contributed by atoms with Crippen LogP contribution in [0.4, 0.5) is 0 Å². The molecule has 0 radical (unpaired) electrons. The summed E-state index contributed by atoms with van der Waals surface area (Å²) in [5.74, 6) is 0. The van der Waals surface area contributed by atoms with Crippen LogP contribution in [0, 0.1) is 0 Å². The molecule has 0 aromatic rings. The van der Waals surface area contributed by atoms with E-state index in [-0.39, 0.29) is 12.1 Å². The number of hydrogen-bond acceptors (Lipinski definition) is 7. The minimum absolute atomic E-state index is 0.244. The van der Waals surface area contributed by atoms with Gasteiger partial charge in [-0.3, -0.25) is 9.98 Å². The van der Waals surface area contributed by atoms with Gasteiger partial charge in [-0.2, -0.15) is 0 Å². The fraction of sp³-hybridized carbons (Fsp3) is 0.833. The Morgan fingerprint density at radius 3 is 2.21 bits per heavy atom. The van der Waals surface area contributed by atoms with Crippen LogP contribution < -0.4 is 27.4 Å². The second-order valence-corrected chi connectivity index (χ2v) is 4.34. The molecule has 0 saturated carbocycles. The number of nitrogens with zero attached hydrogens (tertiary/aromatic N) is 2. The molecule has 112 valence electrons. The van der Waals surface area contributed by atoms with Crippen LogP contribution in [0.2, 0.25) is 0 Å². The molecule has 0 aliphatic heterocycles. The molecule has 7 nitrogen and oxygen atoms in total. The topological polar surface area (TPSA) is 113 Å². The van der Waals surface area contributed by atoms with Gasteiger partial charge in [0.15, 0.2) is 0 Å². The van der Waals surface area contributed by atoms with Crippen LogP contribution in [0.1, 0.15) is 0 Å². The van der Waals surface area contributed by atoms with Crippen LogP contribution in [0.5, 0.6) is 0 Å². The Labute approximate surface area is 116 Å². The SMILES string of the molecule is C=NCCNC(CN)CNCC(CN=C)NCCN. The lowest BCUT2D eigenvalue weighted by Gasteiger charge is -2.20. The third kappa shape index (κ3) is 10.7. The van der Waals surface area contributed by atoms with Gasteiger partial charge in [-0.05, 0) is 13.4 Å². The Morgan fingerprint density at radius 2 is 1.63 bits per heavy atom. The number of aliphatic imine (C=N–C) groups is 2. The largest absolute Gasteiger partial charge is 0.329 e. The van der Waals surface area contributed by atoms with E-state index in [1.54, 1.807) is 0 Å². The summed E-state index contributed by atoms with van der Waals surface area (Å²) in [7, 11) is 0. The Hall–Kier alpha value is -0.860. The zero-order valence-electron chi connectivity index (χ0n) is 11.8. The van der Waals surface area contributed by atoms with E-state index in [9.17, 15) is 0 Å². The minimum Gasteiger partial charge on any atom is -0.329 e. The summed E-state index contributed by atoms with van der Waals surface area (Å²) in [6, 6.07) is 0.503. The summed E-state index contributed by atoms with van der Waals surface area (Å²) in [6.07, 6.45) is 0. The standard InChI is InChI=1S/C12H29N7/c1-15-5-6-19-11(7-14)9-17-10-12(8-16-2)18-4-3-13/h11-12,17-19H,1-10,13-14H2. The highest BCUT2D eigenvalue weighted by Gasteiger charge is 2.08. The molecule has 0 aliphatic carbocycles. The lowest BCUT2D eigenvalue weighted by atomic mass is 10.2. The first-order valence-electron chi connectivity index (χ1n) is 6.71. The zero-order chi connectivity index (χ0) is 14.3. The summed E-state index contributed by atoms with van der Waals surface area (Å²) in [5.41, 5.74) is 11.2. The molecule has 2 unspecified atom stereocenters. The molecule has 0 amide bonds. The molecule has 0 fully saturated rings. The van der Waals surface area contributed by atoms with E-state index in [1.807, 2.05) is 0 Å². The molecule has 0 spiro atoms. The number of hydrogen-bond donors (Lipinski definition) is 5. The highest BCUT2D eigenvalue weighted by molar-refractivity contribution is 5.23. The molecule has 0 aromatic carbocycles. The van der Waals surface area contributed by atoms with Crippen molar-refractivity contribution in [1.29, 1.82) is 0 Å². The van der Waals surface area contributed by atoms with E-state index >= 15 is 0 Å². The van der Waals surface area contributed by atoms with Gasteiger partial charge in [0.2, 0.25) is 0 Å². The molecule has 7 N–H and O–H groups in total. The molecule has 2 atom stereocenters. The molecule has 0 aliphatic rings. The second kappa shape index (κ2) is 13.6. The van der Waals surface area contributed by atoms with Crippen molar-refractivity contribution in [2.45, 2.75) is 12.1 Å². The summed E-state index contributed by atoms with van der Waals surface area (Å²) < 4.78 is 0. The van der Waals surface area contributed by atoms with Crippen LogP contribution in [-0.4, -0.2) is 77.9 Å². The number of nitrogens with two attached hydrogens (primary N) is 2. The lowest BCUT2D eigenvalue weighted by Crippen LogP contribution is -2.49. The van der Waals surface area contributed by atoms with Gasteiger partial charge in [0.05, 0.1) is 13.1 Å². The van der Waals surface area contributed by atoms with Crippen molar-refractivity contribution in [2.24, 2.45) is 21.5 Å². The number of rotatable bonds is 14. The van der Waals surface area contributed by atoms with Gasteiger partial charge in [0, 0.05) is 51.4 Å². The maximum absolute atomic E-state index is 5.70. The third-order valence-corrected chi connectivity index (χ3v) is 2.70. The molecular formula is C12H29N7. The molecule has 0 aromatic heterocycles. The van der Waals surface area contributed by atoms with Gasteiger partial charge in [0.1, 0.15) is 0 Å². The van der Waals surface area contributed by atoms with E-state index in [0.29, 0.717) is 26.2 Å². The molecule has 7 heteroatoms. The summed E-state index contributed by atoms with van der Waals surface area (Å²) in [6.45, 7) is 12.8. The van der Waals surface area contributed by atoms with E-state index in [4.69, 9.17) is 11.5 Å². The fourth-order valence-corrected chi connectivity index (χ4v) is 1.66. The van der Waals surface area contributed by atoms with E-state index < -0.39 is 0 Å². The average molecular weight is 271 g/mol. The van der Waals surface area contributed by atoms with Crippen LogP contribution >= 0.6 is 0 Å². The maximum Gasteiger partial charge on any atom is 0.0548 e. The zero-order valence-corrected chi connectivity index (χ0v) is 11.8.